The van der Waals surface area contributed by atoms with Crippen LogP contribution in [0.2, 0.25) is 0 Å². The highest BCUT2D eigenvalue weighted by Gasteiger charge is 2.22. The van der Waals surface area contributed by atoms with E-state index in [9.17, 15) is 14.9 Å². The lowest BCUT2D eigenvalue weighted by Gasteiger charge is -2.33. The second-order valence-electron chi connectivity index (χ2n) is 5.35. The third-order valence-electron chi connectivity index (χ3n) is 3.37. The molecule has 0 atom stereocenters. The number of nitro benzene ring substituents is 1. The fourth-order valence-corrected chi connectivity index (χ4v) is 1.45. The monoisotopic (exact) mass is 281 g/mol. The minimum atomic E-state index is -1.20. The minimum absolute atomic E-state index is 0.103. The normalized spacial score (nSPS) is 11.4. The van der Waals surface area contributed by atoms with Crippen molar-refractivity contribution in [3.8, 4) is 0 Å². The summed E-state index contributed by atoms with van der Waals surface area (Å²) >= 11 is 0. The summed E-state index contributed by atoms with van der Waals surface area (Å²) in [7, 11) is 3.85. The number of aromatic carboxylic acids is 1. The average molecular weight is 281 g/mol. The molecule has 7 nitrogen and oxygen atoms in total. The van der Waals surface area contributed by atoms with Gasteiger partial charge in [-0.1, -0.05) is 0 Å². The number of rotatable bonds is 6. The molecule has 0 aliphatic heterocycles. The third-order valence-corrected chi connectivity index (χ3v) is 3.37. The zero-order chi connectivity index (χ0) is 15.5. The molecule has 0 fully saturated rings. The van der Waals surface area contributed by atoms with E-state index in [1.165, 1.54) is 12.1 Å². The van der Waals surface area contributed by atoms with E-state index in [4.69, 9.17) is 5.11 Å². The molecule has 20 heavy (non-hydrogen) atoms. The molecule has 1 rings (SSSR count). The molecule has 0 radical (unpaired) electrons. The predicted octanol–water partition coefficient (Wildman–Crippen LogP) is 2.05. The number of non-ortho nitro benzene ring substituents is 1. The topological polar surface area (TPSA) is 95.7 Å². The van der Waals surface area contributed by atoms with Gasteiger partial charge in [-0.3, -0.25) is 10.1 Å². The molecule has 2 N–H and O–H groups in total. The number of nitrogens with one attached hydrogen (secondary N) is 1. The van der Waals surface area contributed by atoms with E-state index < -0.39 is 10.9 Å². The van der Waals surface area contributed by atoms with Crippen molar-refractivity contribution in [1.29, 1.82) is 0 Å². The molecule has 0 aliphatic rings. The first kappa shape index (κ1) is 15.9. The van der Waals surface area contributed by atoms with Gasteiger partial charge >= 0.3 is 5.97 Å². The van der Waals surface area contributed by atoms with Crippen molar-refractivity contribution in [2.24, 2.45) is 0 Å². The molecule has 0 saturated carbocycles. The van der Waals surface area contributed by atoms with E-state index >= 15 is 0 Å². The number of hydrogen-bond acceptors (Lipinski definition) is 5. The third kappa shape index (κ3) is 3.67. The lowest BCUT2D eigenvalue weighted by Crippen LogP contribution is -2.44. The molecule has 0 unspecified atom stereocenters. The van der Waals surface area contributed by atoms with Crippen LogP contribution in [0.5, 0.6) is 0 Å². The van der Waals surface area contributed by atoms with Crippen molar-refractivity contribution < 1.29 is 14.8 Å². The Morgan fingerprint density at radius 3 is 2.50 bits per heavy atom. The van der Waals surface area contributed by atoms with Gasteiger partial charge in [-0.15, -0.1) is 0 Å². The van der Waals surface area contributed by atoms with Crippen molar-refractivity contribution in [1.82, 2.24) is 4.90 Å². The molecular formula is C13H19N3O4. The molecule has 0 aromatic heterocycles. The molecule has 1 aromatic rings. The summed E-state index contributed by atoms with van der Waals surface area (Å²) in [6.45, 7) is 4.52. The highest BCUT2D eigenvalue weighted by Crippen LogP contribution is 2.23. The fourth-order valence-electron chi connectivity index (χ4n) is 1.45. The van der Waals surface area contributed by atoms with E-state index in [0.29, 0.717) is 12.2 Å². The smallest absolute Gasteiger partial charge is 0.338 e. The summed E-state index contributed by atoms with van der Waals surface area (Å²) in [5.41, 5.74) is -0.149. The van der Waals surface area contributed by atoms with Gasteiger partial charge in [-0.2, -0.15) is 0 Å². The van der Waals surface area contributed by atoms with Crippen molar-refractivity contribution in [2.45, 2.75) is 19.4 Å². The molecule has 0 aliphatic carbocycles. The first-order valence-electron chi connectivity index (χ1n) is 6.08. The Hall–Kier alpha value is -2.15. The van der Waals surface area contributed by atoms with Gasteiger partial charge in [-0.25, -0.2) is 4.79 Å². The van der Waals surface area contributed by atoms with Gasteiger partial charge in [0.2, 0.25) is 0 Å². The zero-order valence-electron chi connectivity index (χ0n) is 12.0. The quantitative estimate of drug-likeness (QED) is 0.612. The van der Waals surface area contributed by atoms with E-state index in [2.05, 4.69) is 5.32 Å². The standard InChI is InChI=1S/C13H19N3O4/c1-13(2,15(3)4)8-14-11-6-5-9(16(19)20)7-10(11)12(17)18/h5-7,14H,8H2,1-4H3,(H,17,18). The van der Waals surface area contributed by atoms with Gasteiger partial charge in [0.15, 0.2) is 0 Å². The Kier molecular flexibility index (Phi) is 4.67. The van der Waals surface area contributed by atoms with Crippen LogP contribution in [0, 0.1) is 10.1 Å². The molecule has 0 spiro atoms. The van der Waals surface area contributed by atoms with Crippen LogP contribution in [0.3, 0.4) is 0 Å². The van der Waals surface area contributed by atoms with Crippen molar-refractivity contribution in [3.63, 3.8) is 0 Å². The number of carboxylic acids is 1. The largest absolute Gasteiger partial charge is 0.478 e. The maximum Gasteiger partial charge on any atom is 0.338 e. The molecular weight excluding hydrogens is 262 g/mol. The van der Waals surface area contributed by atoms with Gasteiger partial charge in [-0.05, 0) is 34.0 Å². The average Bonchev–Trinajstić information content (AvgIpc) is 2.35. The lowest BCUT2D eigenvalue weighted by molar-refractivity contribution is -0.384. The van der Waals surface area contributed by atoms with Gasteiger partial charge in [0.25, 0.3) is 5.69 Å². The summed E-state index contributed by atoms with van der Waals surface area (Å²) in [4.78, 5) is 23.3. The van der Waals surface area contributed by atoms with Crippen molar-refractivity contribution in [2.75, 3.05) is 26.0 Å². The van der Waals surface area contributed by atoms with Crippen LogP contribution in [0.25, 0.3) is 0 Å². The summed E-state index contributed by atoms with van der Waals surface area (Å²) < 4.78 is 0. The van der Waals surface area contributed by atoms with Crippen LogP contribution < -0.4 is 5.32 Å². The lowest BCUT2D eigenvalue weighted by atomic mass is 10.0. The summed E-state index contributed by atoms with van der Waals surface area (Å²) in [5, 5.41) is 22.9. The Labute approximate surface area is 117 Å². The summed E-state index contributed by atoms with van der Waals surface area (Å²) in [6, 6.07) is 3.78. The number of nitro groups is 1. The maximum atomic E-state index is 11.2. The van der Waals surface area contributed by atoms with Gasteiger partial charge < -0.3 is 15.3 Å². The van der Waals surface area contributed by atoms with E-state index in [-0.39, 0.29) is 16.8 Å². The number of hydrogen-bond donors (Lipinski definition) is 2. The van der Waals surface area contributed by atoms with E-state index in [0.717, 1.165) is 6.07 Å². The Balaban J connectivity index is 3.01. The number of carboxylic acid groups (broad SMARTS) is 1. The minimum Gasteiger partial charge on any atom is -0.478 e. The van der Waals surface area contributed by atoms with Gasteiger partial charge in [0, 0.05) is 29.9 Å². The Bertz CT molecular complexity index is 526. The molecule has 0 saturated heterocycles. The van der Waals surface area contributed by atoms with Crippen molar-refractivity contribution >= 4 is 17.3 Å². The zero-order valence-corrected chi connectivity index (χ0v) is 12.0. The molecule has 110 valence electrons. The van der Waals surface area contributed by atoms with Gasteiger partial charge in [0.05, 0.1) is 10.5 Å². The highest BCUT2D eigenvalue weighted by molar-refractivity contribution is 5.95. The van der Waals surface area contributed by atoms with Crippen molar-refractivity contribution in [3.05, 3.63) is 33.9 Å². The van der Waals surface area contributed by atoms with E-state index in [1.807, 2.05) is 32.8 Å². The molecule has 0 bridgehead atoms. The SMILES string of the molecule is CN(C)C(C)(C)CNc1ccc([N+](=O)[O-])cc1C(=O)O. The first-order chi connectivity index (χ1) is 9.15. The first-order valence-corrected chi connectivity index (χ1v) is 6.08. The Morgan fingerprint density at radius 2 is 2.05 bits per heavy atom. The number of carbonyl (C=O) groups is 1. The van der Waals surface area contributed by atoms with Crippen LogP contribution >= 0.6 is 0 Å². The summed E-state index contributed by atoms with van der Waals surface area (Å²) in [5.74, 6) is -1.20. The number of benzene rings is 1. The number of anilines is 1. The predicted molar refractivity (Wildman–Crippen MR) is 76.3 cm³/mol. The molecule has 0 amide bonds. The molecule has 1 aromatic carbocycles. The van der Waals surface area contributed by atoms with Crippen LogP contribution in [-0.2, 0) is 0 Å². The number of nitrogens with zero attached hydrogens (tertiary/aromatic N) is 2. The molecule has 7 heteroatoms. The Morgan fingerprint density at radius 1 is 1.45 bits per heavy atom. The summed E-state index contributed by atoms with van der Waals surface area (Å²) in [6.07, 6.45) is 0. The second kappa shape index (κ2) is 5.87. The highest BCUT2D eigenvalue weighted by atomic mass is 16.6. The van der Waals surface area contributed by atoms with E-state index in [1.54, 1.807) is 0 Å². The second-order valence-corrected chi connectivity index (χ2v) is 5.35. The fraction of sp³-hybridized carbons (Fsp3) is 0.462. The number of likely N-dealkylation sites (N-methyl/N-ethyl adjacent to an activating group) is 1. The van der Waals surface area contributed by atoms with Crippen LogP contribution in [0.4, 0.5) is 11.4 Å². The molecule has 0 heterocycles. The maximum absolute atomic E-state index is 11.2. The van der Waals surface area contributed by atoms with Gasteiger partial charge in [0.1, 0.15) is 0 Å². The van der Waals surface area contributed by atoms with Crippen LogP contribution in [-0.4, -0.2) is 47.1 Å². The van der Waals surface area contributed by atoms with Crippen LogP contribution in [0.15, 0.2) is 18.2 Å². The van der Waals surface area contributed by atoms with Crippen LogP contribution in [0.1, 0.15) is 24.2 Å².